The maximum absolute atomic E-state index is 13.0. The van der Waals surface area contributed by atoms with E-state index in [1.54, 1.807) is 30.3 Å². The molecule has 146 valence electrons. The van der Waals surface area contributed by atoms with E-state index in [0.29, 0.717) is 24.3 Å². The number of aromatic nitrogens is 2. The highest BCUT2D eigenvalue weighted by Gasteiger charge is 2.12. The van der Waals surface area contributed by atoms with E-state index in [9.17, 15) is 9.18 Å². The zero-order chi connectivity index (χ0) is 20.1. The first-order valence-electron chi connectivity index (χ1n) is 9.37. The van der Waals surface area contributed by atoms with Crippen LogP contribution in [0.25, 0.3) is 11.0 Å². The van der Waals surface area contributed by atoms with Gasteiger partial charge in [0.05, 0.1) is 16.6 Å². The van der Waals surface area contributed by atoms with Crippen LogP contribution in [0, 0.1) is 5.82 Å². The molecule has 4 rings (SSSR count). The largest absolute Gasteiger partial charge is 0.488 e. The first-order valence-corrected chi connectivity index (χ1v) is 9.37. The molecule has 0 aliphatic rings. The standard InChI is InChI=1S/C23H20FN3O2/c24-17-11-9-16(10-12-17)15-29-21-8-4-1-5-18(21)23(28)25-14-13-22-26-19-6-2-3-7-20(19)27-22/h1-12H,13-15H2,(H,25,28)(H,26,27). The zero-order valence-electron chi connectivity index (χ0n) is 15.7. The Morgan fingerprint density at radius 2 is 1.76 bits per heavy atom. The van der Waals surface area contributed by atoms with Gasteiger partial charge in [0.25, 0.3) is 5.91 Å². The van der Waals surface area contributed by atoms with Crippen LogP contribution in [0.1, 0.15) is 21.7 Å². The van der Waals surface area contributed by atoms with Crippen molar-refractivity contribution < 1.29 is 13.9 Å². The molecule has 0 fully saturated rings. The fourth-order valence-corrected chi connectivity index (χ4v) is 3.04. The summed E-state index contributed by atoms with van der Waals surface area (Å²) in [6.45, 7) is 0.703. The minimum absolute atomic E-state index is 0.212. The number of para-hydroxylation sites is 3. The third-order valence-corrected chi connectivity index (χ3v) is 4.53. The molecule has 0 unspecified atom stereocenters. The number of amides is 1. The van der Waals surface area contributed by atoms with Gasteiger partial charge >= 0.3 is 0 Å². The fraction of sp³-hybridized carbons (Fsp3) is 0.130. The molecule has 2 N–H and O–H groups in total. The number of aromatic amines is 1. The molecule has 4 aromatic rings. The molecule has 3 aromatic carbocycles. The minimum Gasteiger partial charge on any atom is -0.488 e. The molecular formula is C23H20FN3O2. The number of hydrogen-bond donors (Lipinski definition) is 2. The minimum atomic E-state index is -0.294. The van der Waals surface area contributed by atoms with Gasteiger partial charge in [0.1, 0.15) is 24.0 Å². The number of carbonyl (C=O) groups excluding carboxylic acids is 1. The van der Waals surface area contributed by atoms with Crippen molar-refractivity contribution in [3.63, 3.8) is 0 Å². The van der Waals surface area contributed by atoms with Gasteiger partial charge in [-0.15, -0.1) is 0 Å². The Labute approximate surface area is 167 Å². The van der Waals surface area contributed by atoms with E-state index >= 15 is 0 Å². The van der Waals surface area contributed by atoms with Gasteiger partial charge in [0.15, 0.2) is 0 Å². The summed E-state index contributed by atoms with van der Waals surface area (Å²) < 4.78 is 18.8. The molecule has 1 heterocycles. The number of benzene rings is 3. The number of hydrogen-bond acceptors (Lipinski definition) is 3. The second-order valence-corrected chi connectivity index (χ2v) is 6.62. The van der Waals surface area contributed by atoms with Crippen molar-refractivity contribution in [2.45, 2.75) is 13.0 Å². The van der Waals surface area contributed by atoms with Crippen molar-refractivity contribution in [1.82, 2.24) is 15.3 Å². The maximum Gasteiger partial charge on any atom is 0.255 e. The van der Waals surface area contributed by atoms with E-state index in [1.807, 2.05) is 30.3 Å². The average Bonchev–Trinajstić information content (AvgIpc) is 3.16. The van der Waals surface area contributed by atoms with Crippen LogP contribution in [0.15, 0.2) is 72.8 Å². The summed E-state index contributed by atoms with van der Waals surface area (Å²) in [5, 5.41) is 2.91. The summed E-state index contributed by atoms with van der Waals surface area (Å²) in [5.41, 5.74) is 3.17. The van der Waals surface area contributed by atoms with Crippen LogP contribution in [0.2, 0.25) is 0 Å². The Kier molecular flexibility index (Phi) is 5.52. The number of imidazole rings is 1. The number of fused-ring (bicyclic) bond motifs is 1. The molecule has 1 amide bonds. The molecule has 0 saturated heterocycles. The summed E-state index contributed by atoms with van der Waals surface area (Å²) in [5.74, 6) is 0.805. The molecule has 29 heavy (non-hydrogen) atoms. The fourth-order valence-electron chi connectivity index (χ4n) is 3.04. The lowest BCUT2D eigenvalue weighted by Crippen LogP contribution is -2.26. The SMILES string of the molecule is O=C(NCCc1nc2ccccc2[nH]1)c1ccccc1OCc1ccc(F)cc1. The van der Waals surface area contributed by atoms with Gasteiger partial charge in [0, 0.05) is 13.0 Å². The number of halogens is 1. The molecule has 0 aliphatic heterocycles. The lowest BCUT2D eigenvalue weighted by Gasteiger charge is -2.11. The summed E-state index contributed by atoms with van der Waals surface area (Å²) in [7, 11) is 0. The topological polar surface area (TPSA) is 67.0 Å². The van der Waals surface area contributed by atoms with E-state index in [-0.39, 0.29) is 18.3 Å². The van der Waals surface area contributed by atoms with Crippen LogP contribution in [-0.4, -0.2) is 22.4 Å². The van der Waals surface area contributed by atoms with Gasteiger partial charge in [-0.2, -0.15) is 0 Å². The quantitative estimate of drug-likeness (QED) is 0.496. The first-order chi connectivity index (χ1) is 14.2. The van der Waals surface area contributed by atoms with Crippen LogP contribution in [0.5, 0.6) is 5.75 Å². The second kappa shape index (κ2) is 8.56. The Bertz CT molecular complexity index is 1090. The van der Waals surface area contributed by atoms with Crippen molar-refractivity contribution in [2.75, 3.05) is 6.54 Å². The summed E-state index contributed by atoms with van der Waals surface area (Å²) in [6.07, 6.45) is 0.596. The molecule has 0 saturated carbocycles. The number of H-pyrrole nitrogens is 1. The van der Waals surface area contributed by atoms with Crippen LogP contribution in [0.3, 0.4) is 0 Å². The molecular weight excluding hydrogens is 369 g/mol. The van der Waals surface area contributed by atoms with E-state index < -0.39 is 0 Å². The normalized spacial score (nSPS) is 10.8. The number of rotatable bonds is 7. The highest BCUT2D eigenvalue weighted by molar-refractivity contribution is 5.96. The predicted molar refractivity (Wildman–Crippen MR) is 109 cm³/mol. The van der Waals surface area contributed by atoms with E-state index in [2.05, 4.69) is 15.3 Å². The molecule has 0 bridgehead atoms. The third kappa shape index (κ3) is 4.60. The third-order valence-electron chi connectivity index (χ3n) is 4.53. The summed E-state index contributed by atoms with van der Waals surface area (Å²) >= 11 is 0. The predicted octanol–water partition coefficient (Wildman–Crippen LogP) is 4.25. The number of ether oxygens (including phenoxy) is 1. The molecule has 0 spiro atoms. The number of nitrogens with zero attached hydrogens (tertiary/aromatic N) is 1. The summed E-state index contributed by atoms with van der Waals surface area (Å²) in [6, 6.07) is 21.0. The average molecular weight is 389 g/mol. The molecule has 5 nitrogen and oxygen atoms in total. The monoisotopic (exact) mass is 389 g/mol. The van der Waals surface area contributed by atoms with Crippen molar-refractivity contribution in [1.29, 1.82) is 0 Å². The van der Waals surface area contributed by atoms with E-state index in [0.717, 1.165) is 22.4 Å². The molecule has 6 heteroatoms. The first kappa shape index (κ1) is 18.7. The number of nitrogens with one attached hydrogen (secondary N) is 2. The van der Waals surface area contributed by atoms with Crippen LogP contribution in [0.4, 0.5) is 4.39 Å². The van der Waals surface area contributed by atoms with Crippen molar-refractivity contribution in [2.24, 2.45) is 0 Å². The van der Waals surface area contributed by atoms with Crippen LogP contribution >= 0.6 is 0 Å². The Hall–Kier alpha value is -3.67. The van der Waals surface area contributed by atoms with Crippen LogP contribution < -0.4 is 10.1 Å². The van der Waals surface area contributed by atoms with E-state index in [4.69, 9.17) is 4.74 Å². The Morgan fingerprint density at radius 3 is 2.59 bits per heavy atom. The second-order valence-electron chi connectivity index (χ2n) is 6.62. The smallest absolute Gasteiger partial charge is 0.255 e. The Morgan fingerprint density at radius 1 is 1.00 bits per heavy atom. The van der Waals surface area contributed by atoms with Gasteiger partial charge < -0.3 is 15.0 Å². The van der Waals surface area contributed by atoms with Gasteiger partial charge in [-0.05, 0) is 42.0 Å². The van der Waals surface area contributed by atoms with Crippen molar-refractivity contribution in [3.8, 4) is 5.75 Å². The van der Waals surface area contributed by atoms with Crippen molar-refractivity contribution in [3.05, 3.63) is 95.6 Å². The van der Waals surface area contributed by atoms with Gasteiger partial charge in [-0.3, -0.25) is 4.79 Å². The Balaban J connectivity index is 1.36. The van der Waals surface area contributed by atoms with Crippen LogP contribution in [-0.2, 0) is 13.0 Å². The number of carbonyl (C=O) groups is 1. The molecule has 0 radical (unpaired) electrons. The van der Waals surface area contributed by atoms with Gasteiger partial charge in [0.2, 0.25) is 0 Å². The zero-order valence-corrected chi connectivity index (χ0v) is 15.7. The maximum atomic E-state index is 13.0. The van der Waals surface area contributed by atoms with Crippen molar-refractivity contribution >= 4 is 16.9 Å². The lowest BCUT2D eigenvalue weighted by molar-refractivity contribution is 0.0949. The molecule has 0 atom stereocenters. The van der Waals surface area contributed by atoms with E-state index in [1.165, 1.54) is 12.1 Å². The molecule has 0 aliphatic carbocycles. The molecule has 1 aromatic heterocycles. The summed E-state index contributed by atoms with van der Waals surface area (Å²) in [4.78, 5) is 20.4. The van der Waals surface area contributed by atoms with Gasteiger partial charge in [-0.1, -0.05) is 36.4 Å². The highest BCUT2D eigenvalue weighted by Crippen LogP contribution is 2.19. The van der Waals surface area contributed by atoms with Gasteiger partial charge in [-0.25, -0.2) is 9.37 Å². The highest BCUT2D eigenvalue weighted by atomic mass is 19.1. The lowest BCUT2D eigenvalue weighted by atomic mass is 10.2.